The molecule has 2 aromatic carbocycles. The third-order valence-electron chi connectivity index (χ3n) is 5.63. The lowest BCUT2D eigenvalue weighted by atomic mass is 10.1. The van der Waals surface area contributed by atoms with Crippen molar-refractivity contribution in [3.05, 3.63) is 89.2 Å². The maximum atomic E-state index is 11.7. The number of benzene rings is 2. The van der Waals surface area contributed by atoms with Crippen LogP contribution >= 0.6 is 0 Å². The van der Waals surface area contributed by atoms with Gasteiger partial charge < -0.3 is 15.0 Å². The topological polar surface area (TPSA) is 90.9 Å². The predicted octanol–water partition coefficient (Wildman–Crippen LogP) is 5.28. The SMILES string of the molecule is N#Cc1cccc(Cn2ccc3cc(Nc4ncc(C5CC5)cc4C(=O)O)ccc32)c1. The van der Waals surface area contributed by atoms with Crippen molar-refractivity contribution >= 4 is 28.4 Å². The van der Waals surface area contributed by atoms with Gasteiger partial charge in [-0.05, 0) is 72.4 Å². The molecule has 5 rings (SSSR count). The molecular formula is C25H20N4O2. The normalized spacial score (nSPS) is 13.1. The summed E-state index contributed by atoms with van der Waals surface area (Å²) in [7, 11) is 0. The van der Waals surface area contributed by atoms with Gasteiger partial charge in [0, 0.05) is 35.5 Å². The van der Waals surface area contributed by atoms with Crippen LogP contribution in [0.25, 0.3) is 10.9 Å². The second-order valence-electron chi connectivity index (χ2n) is 7.90. The van der Waals surface area contributed by atoms with Crippen molar-refractivity contribution in [3.8, 4) is 6.07 Å². The zero-order chi connectivity index (χ0) is 21.4. The molecule has 152 valence electrons. The van der Waals surface area contributed by atoms with Crippen molar-refractivity contribution in [1.29, 1.82) is 5.26 Å². The highest BCUT2D eigenvalue weighted by molar-refractivity contribution is 5.95. The van der Waals surface area contributed by atoms with Gasteiger partial charge in [0.1, 0.15) is 11.4 Å². The molecule has 1 fully saturated rings. The molecule has 2 aromatic heterocycles. The quantitative estimate of drug-likeness (QED) is 0.453. The van der Waals surface area contributed by atoms with E-state index in [1.165, 1.54) is 0 Å². The second-order valence-corrected chi connectivity index (χ2v) is 7.90. The van der Waals surface area contributed by atoms with E-state index in [-0.39, 0.29) is 5.56 Å². The molecule has 0 spiro atoms. The first-order valence-electron chi connectivity index (χ1n) is 10.2. The van der Waals surface area contributed by atoms with Gasteiger partial charge >= 0.3 is 5.97 Å². The Labute approximate surface area is 179 Å². The van der Waals surface area contributed by atoms with Crippen molar-refractivity contribution in [2.75, 3.05) is 5.32 Å². The Morgan fingerprint density at radius 2 is 2.06 bits per heavy atom. The molecule has 31 heavy (non-hydrogen) atoms. The van der Waals surface area contributed by atoms with Crippen LogP contribution in [0.15, 0.2) is 67.0 Å². The summed E-state index contributed by atoms with van der Waals surface area (Å²) in [6, 6.07) is 19.4. The lowest BCUT2D eigenvalue weighted by Gasteiger charge is -2.11. The van der Waals surface area contributed by atoms with Gasteiger partial charge in [-0.15, -0.1) is 0 Å². The number of carbonyl (C=O) groups is 1. The number of carboxylic acid groups (broad SMARTS) is 1. The summed E-state index contributed by atoms with van der Waals surface area (Å²) in [6.45, 7) is 0.666. The van der Waals surface area contributed by atoms with E-state index < -0.39 is 5.97 Å². The van der Waals surface area contributed by atoms with Crippen LogP contribution in [0, 0.1) is 11.3 Å². The van der Waals surface area contributed by atoms with Gasteiger partial charge in [0.2, 0.25) is 0 Å². The summed E-state index contributed by atoms with van der Waals surface area (Å²) in [4.78, 5) is 16.1. The van der Waals surface area contributed by atoms with E-state index in [2.05, 4.69) is 20.9 Å². The van der Waals surface area contributed by atoms with Crippen LogP contribution in [0.1, 0.15) is 45.8 Å². The molecule has 0 radical (unpaired) electrons. The largest absolute Gasteiger partial charge is 0.478 e. The van der Waals surface area contributed by atoms with Crippen molar-refractivity contribution < 1.29 is 9.90 Å². The third kappa shape index (κ3) is 3.86. The van der Waals surface area contributed by atoms with Gasteiger partial charge in [-0.1, -0.05) is 12.1 Å². The lowest BCUT2D eigenvalue weighted by Crippen LogP contribution is -2.06. The number of anilines is 2. The number of nitrogens with one attached hydrogen (secondary N) is 1. The first kappa shape index (κ1) is 18.9. The van der Waals surface area contributed by atoms with Crippen LogP contribution in [-0.2, 0) is 6.54 Å². The Morgan fingerprint density at radius 3 is 2.84 bits per heavy atom. The van der Waals surface area contributed by atoms with Gasteiger partial charge in [0.25, 0.3) is 0 Å². The summed E-state index contributed by atoms with van der Waals surface area (Å²) < 4.78 is 2.13. The van der Waals surface area contributed by atoms with Gasteiger partial charge in [-0.25, -0.2) is 9.78 Å². The molecule has 0 unspecified atom stereocenters. The second kappa shape index (κ2) is 7.62. The predicted molar refractivity (Wildman–Crippen MR) is 119 cm³/mol. The van der Waals surface area contributed by atoms with Gasteiger partial charge in [-0.3, -0.25) is 0 Å². The highest BCUT2D eigenvalue weighted by Crippen LogP contribution is 2.40. The third-order valence-corrected chi connectivity index (χ3v) is 5.63. The standard InChI is InChI=1S/C25H20N4O2/c26-13-16-2-1-3-17(10-16)15-29-9-8-19-11-21(6-7-23(19)29)28-24-22(25(30)31)12-20(14-27-24)18-4-5-18/h1-3,6-12,14,18H,4-5,15H2,(H,27,28)(H,30,31). The number of pyridine rings is 1. The summed E-state index contributed by atoms with van der Waals surface area (Å²) in [6.07, 6.45) is 5.99. The zero-order valence-corrected chi connectivity index (χ0v) is 16.7. The molecule has 1 aliphatic rings. The average molecular weight is 408 g/mol. The molecule has 0 saturated heterocycles. The molecule has 0 aliphatic heterocycles. The fourth-order valence-corrected chi connectivity index (χ4v) is 3.87. The Morgan fingerprint density at radius 1 is 1.19 bits per heavy atom. The van der Waals surface area contributed by atoms with Crippen LogP contribution < -0.4 is 5.32 Å². The first-order chi connectivity index (χ1) is 15.1. The van der Waals surface area contributed by atoms with Crippen molar-refractivity contribution in [2.24, 2.45) is 0 Å². The van der Waals surface area contributed by atoms with Gasteiger partial charge in [0.05, 0.1) is 11.6 Å². The molecule has 6 nitrogen and oxygen atoms in total. The highest BCUT2D eigenvalue weighted by atomic mass is 16.4. The van der Waals surface area contributed by atoms with Crippen molar-refractivity contribution in [1.82, 2.24) is 9.55 Å². The molecule has 2 N–H and O–H groups in total. The molecule has 4 aromatic rings. The van der Waals surface area contributed by atoms with Crippen LogP contribution in [0.4, 0.5) is 11.5 Å². The number of nitriles is 1. The minimum atomic E-state index is -0.982. The van der Waals surface area contributed by atoms with E-state index in [4.69, 9.17) is 5.26 Å². The lowest BCUT2D eigenvalue weighted by molar-refractivity contribution is 0.0697. The van der Waals surface area contributed by atoms with E-state index in [1.54, 1.807) is 18.3 Å². The number of hydrogen-bond donors (Lipinski definition) is 2. The number of nitrogens with zero attached hydrogens (tertiary/aromatic N) is 3. The molecule has 1 saturated carbocycles. The monoisotopic (exact) mass is 408 g/mol. The maximum absolute atomic E-state index is 11.7. The Hall–Kier alpha value is -4.11. The van der Waals surface area contributed by atoms with E-state index in [0.29, 0.717) is 23.8 Å². The Balaban J connectivity index is 1.41. The van der Waals surface area contributed by atoms with Crippen LogP contribution in [0.3, 0.4) is 0 Å². The van der Waals surface area contributed by atoms with Crippen LogP contribution in [0.5, 0.6) is 0 Å². The molecule has 0 amide bonds. The average Bonchev–Trinajstić information content (AvgIpc) is 3.56. The first-order valence-corrected chi connectivity index (χ1v) is 10.2. The van der Waals surface area contributed by atoms with Crippen molar-refractivity contribution in [3.63, 3.8) is 0 Å². The fourth-order valence-electron chi connectivity index (χ4n) is 3.87. The fraction of sp³-hybridized carbons (Fsp3) is 0.160. The van der Waals surface area contributed by atoms with E-state index in [0.717, 1.165) is 40.6 Å². The van der Waals surface area contributed by atoms with E-state index >= 15 is 0 Å². The smallest absolute Gasteiger partial charge is 0.339 e. The number of hydrogen-bond acceptors (Lipinski definition) is 4. The number of aromatic nitrogens is 2. The summed E-state index contributed by atoms with van der Waals surface area (Å²) in [5, 5.41) is 22.9. The highest BCUT2D eigenvalue weighted by Gasteiger charge is 2.26. The molecular weight excluding hydrogens is 388 g/mol. The summed E-state index contributed by atoms with van der Waals surface area (Å²) >= 11 is 0. The number of fused-ring (bicyclic) bond motifs is 1. The van der Waals surface area contributed by atoms with Crippen LogP contribution in [0.2, 0.25) is 0 Å². The van der Waals surface area contributed by atoms with Gasteiger partial charge in [-0.2, -0.15) is 5.26 Å². The van der Waals surface area contributed by atoms with E-state index in [9.17, 15) is 9.90 Å². The molecule has 1 aliphatic carbocycles. The van der Waals surface area contributed by atoms with Crippen LogP contribution in [-0.4, -0.2) is 20.6 Å². The maximum Gasteiger partial charge on any atom is 0.339 e. The molecule has 0 bridgehead atoms. The molecule has 0 atom stereocenters. The molecule has 6 heteroatoms. The molecule has 2 heterocycles. The number of carboxylic acids is 1. The van der Waals surface area contributed by atoms with E-state index in [1.807, 2.05) is 48.7 Å². The summed E-state index contributed by atoms with van der Waals surface area (Å²) in [5.74, 6) is -0.182. The zero-order valence-electron chi connectivity index (χ0n) is 16.7. The van der Waals surface area contributed by atoms with Crippen molar-refractivity contribution in [2.45, 2.75) is 25.3 Å². The minimum Gasteiger partial charge on any atom is -0.478 e. The minimum absolute atomic E-state index is 0.194. The number of aromatic carboxylic acids is 1. The Bertz CT molecular complexity index is 1350. The van der Waals surface area contributed by atoms with Gasteiger partial charge in [0.15, 0.2) is 0 Å². The Kier molecular flexibility index (Phi) is 4.64. The summed E-state index contributed by atoms with van der Waals surface area (Å²) in [5.41, 5.74) is 4.74. The number of rotatable bonds is 6.